The molecule has 0 fully saturated rings. The lowest BCUT2D eigenvalue weighted by Crippen LogP contribution is -2.49. The van der Waals surface area contributed by atoms with Crippen molar-refractivity contribution in [3.05, 3.63) is 128 Å². The second-order valence-corrected chi connectivity index (χ2v) is 8.01. The number of benzene rings is 3. The van der Waals surface area contributed by atoms with Crippen LogP contribution in [0.2, 0.25) is 0 Å². The molecule has 0 radical (unpaired) electrons. The summed E-state index contributed by atoms with van der Waals surface area (Å²) in [7, 11) is -1.27. The van der Waals surface area contributed by atoms with Crippen LogP contribution in [-0.2, 0) is 0 Å². The van der Waals surface area contributed by atoms with E-state index < -0.39 is 7.32 Å². The Morgan fingerprint density at radius 1 is 0.405 bits per heavy atom. The zero-order valence-electron chi connectivity index (χ0n) is 19.6. The summed E-state index contributed by atoms with van der Waals surface area (Å²) in [5.74, 6) is 0. The van der Waals surface area contributed by atoms with E-state index in [2.05, 4.69) is 15.3 Å². The average molecular weight is 488 g/mol. The Balaban J connectivity index is 1.24. The highest BCUT2D eigenvalue weighted by Crippen LogP contribution is 2.17. The SMILES string of the molecule is c1ccc(-c2ccn(OB(On3ccc(-c4ccccc4)n3)On3ccc(-c4ccccc4)n3)n2)cc1. The molecule has 10 heteroatoms. The first-order valence-electron chi connectivity index (χ1n) is 11.6. The van der Waals surface area contributed by atoms with Gasteiger partial charge in [-0.3, -0.25) is 0 Å². The van der Waals surface area contributed by atoms with Gasteiger partial charge in [0.1, 0.15) is 0 Å². The minimum absolute atomic E-state index is 0.746. The van der Waals surface area contributed by atoms with Crippen LogP contribution >= 0.6 is 0 Å². The van der Waals surface area contributed by atoms with Crippen LogP contribution in [0.1, 0.15) is 0 Å². The van der Waals surface area contributed by atoms with E-state index in [1.165, 1.54) is 14.5 Å². The van der Waals surface area contributed by atoms with Crippen molar-refractivity contribution in [2.45, 2.75) is 0 Å². The smallest absolute Gasteiger partial charge is 0.380 e. The van der Waals surface area contributed by atoms with Crippen molar-refractivity contribution in [1.29, 1.82) is 0 Å². The predicted molar refractivity (Wildman–Crippen MR) is 138 cm³/mol. The molecule has 0 aliphatic heterocycles. The molecule has 3 aromatic heterocycles. The van der Waals surface area contributed by atoms with Gasteiger partial charge < -0.3 is 14.3 Å². The zero-order valence-corrected chi connectivity index (χ0v) is 19.6. The monoisotopic (exact) mass is 488 g/mol. The van der Waals surface area contributed by atoms with Crippen molar-refractivity contribution in [2.24, 2.45) is 0 Å². The van der Waals surface area contributed by atoms with E-state index in [4.69, 9.17) is 14.3 Å². The molecule has 0 spiro atoms. The van der Waals surface area contributed by atoms with Gasteiger partial charge in [-0.05, 0) is 18.2 Å². The van der Waals surface area contributed by atoms with Crippen molar-refractivity contribution in [2.75, 3.05) is 0 Å². The highest BCUT2D eigenvalue weighted by molar-refractivity contribution is 6.37. The van der Waals surface area contributed by atoms with Crippen molar-refractivity contribution in [1.82, 2.24) is 29.8 Å². The molecular weight excluding hydrogens is 467 g/mol. The minimum atomic E-state index is -1.27. The third-order valence-electron chi connectivity index (χ3n) is 5.49. The van der Waals surface area contributed by atoms with Gasteiger partial charge in [-0.1, -0.05) is 91.0 Å². The molecule has 180 valence electrons. The normalized spacial score (nSPS) is 10.7. The van der Waals surface area contributed by atoms with Crippen molar-refractivity contribution >= 4 is 7.32 Å². The highest BCUT2D eigenvalue weighted by atomic mass is 16.9. The summed E-state index contributed by atoms with van der Waals surface area (Å²) in [5.41, 5.74) is 5.12. The first-order valence-corrected chi connectivity index (χ1v) is 11.6. The molecule has 0 saturated carbocycles. The topological polar surface area (TPSA) is 81.1 Å². The van der Waals surface area contributed by atoms with Crippen LogP contribution in [-0.4, -0.2) is 37.2 Å². The quantitative estimate of drug-likeness (QED) is 0.287. The van der Waals surface area contributed by atoms with Gasteiger partial charge in [-0.15, -0.1) is 29.8 Å². The lowest BCUT2D eigenvalue weighted by atomic mass is 10.2. The second kappa shape index (κ2) is 10.2. The average Bonchev–Trinajstić information content (AvgIpc) is 3.72. The molecule has 6 rings (SSSR count). The minimum Gasteiger partial charge on any atom is -0.380 e. The molecule has 37 heavy (non-hydrogen) atoms. The summed E-state index contributed by atoms with van der Waals surface area (Å²) < 4.78 is 17.7. The number of nitrogens with zero attached hydrogens (tertiary/aromatic N) is 6. The van der Waals surface area contributed by atoms with Crippen LogP contribution in [0.15, 0.2) is 128 Å². The molecule has 3 heterocycles. The second-order valence-electron chi connectivity index (χ2n) is 8.01. The van der Waals surface area contributed by atoms with Gasteiger partial charge in [0, 0.05) is 16.7 Å². The number of aromatic nitrogens is 6. The largest absolute Gasteiger partial charge is 0.929 e. The van der Waals surface area contributed by atoms with Crippen molar-refractivity contribution in [3.63, 3.8) is 0 Å². The molecule has 0 saturated heterocycles. The van der Waals surface area contributed by atoms with Crippen LogP contribution in [0.5, 0.6) is 0 Å². The Hall–Kier alpha value is -5.25. The molecule has 0 aliphatic rings. The van der Waals surface area contributed by atoms with Crippen LogP contribution in [0.3, 0.4) is 0 Å². The van der Waals surface area contributed by atoms with E-state index in [0.717, 1.165) is 33.8 Å². The van der Waals surface area contributed by atoms with E-state index >= 15 is 0 Å². The molecule has 0 N–H and O–H groups in total. The molecule has 0 amide bonds. The van der Waals surface area contributed by atoms with Gasteiger partial charge in [-0.25, -0.2) is 0 Å². The lowest BCUT2D eigenvalue weighted by Gasteiger charge is -2.14. The van der Waals surface area contributed by atoms with Crippen molar-refractivity contribution < 1.29 is 14.3 Å². The first kappa shape index (κ1) is 22.2. The molecule has 3 aromatic carbocycles. The lowest BCUT2D eigenvalue weighted by molar-refractivity contribution is 0.0406. The van der Waals surface area contributed by atoms with Crippen LogP contribution in [0.25, 0.3) is 33.8 Å². The van der Waals surface area contributed by atoms with Gasteiger partial charge in [0.2, 0.25) is 0 Å². The maximum Gasteiger partial charge on any atom is 0.929 e. The summed E-state index contributed by atoms with van der Waals surface area (Å²) in [6.45, 7) is 0. The summed E-state index contributed by atoms with van der Waals surface area (Å²) >= 11 is 0. The number of hydrogen-bond acceptors (Lipinski definition) is 6. The maximum atomic E-state index is 5.89. The Bertz CT molecular complexity index is 1380. The van der Waals surface area contributed by atoms with E-state index in [1.54, 1.807) is 18.6 Å². The molecular formula is C27H21BN6O3. The van der Waals surface area contributed by atoms with Crippen LogP contribution in [0.4, 0.5) is 0 Å². The summed E-state index contributed by atoms with van der Waals surface area (Å²) in [6, 6.07) is 34.9. The van der Waals surface area contributed by atoms with Gasteiger partial charge in [0.05, 0.1) is 35.7 Å². The molecule has 6 aromatic rings. The summed E-state index contributed by atoms with van der Waals surface area (Å²) in [5, 5.41) is 13.5. The van der Waals surface area contributed by atoms with Crippen LogP contribution < -0.4 is 14.3 Å². The molecule has 0 atom stereocenters. The maximum absolute atomic E-state index is 5.89. The molecule has 0 unspecified atom stereocenters. The Morgan fingerprint density at radius 2 is 0.703 bits per heavy atom. The molecule has 0 aliphatic carbocycles. The summed E-state index contributed by atoms with van der Waals surface area (Å²) in [4.78, 5) is 3.86. The van der Waals surface area contributed by atoms with E-state index in [-0.39, 0.29) is 0 Å². The van der Waals surface area contributed by atoms with Gasteiger partial charge in [0.15, 0.2) is 0 Å². The van der Waals surface area contributed by atoms with Gasteiger partial charge >= 0.3 is 7.32 Å². The summed E-state index contributed by atoms with van der Waals surface area (Å²) in [6.07, 6.45) is 5.04. The fourth-order valence-corrected chi connectivity index (χ4v) is 3.71. The highest BCUT2D eigenvalue weighted by Gasteiger charge is 2.35. The van der Waals surface area contributed by atoms with E-state index in [0.29, 0.717) is 0 Å². The molecule has 0 bridgehead atoms. The Labute approximate surface area is 213 Å². The Morgan fingerprint density at radius 3 is 1.00 bits per heavy atom. The fraction of sp³-hybridized carbons (Fsp3) is 0. The molecule has 9 nitrogen and oxygen atoms in total. The Kier molecular flexibility index (Phi) is 6.11. The van der Waals surface area contributed by atoms with E-state index in [1.807, 2.05) is 109 Å². The zero-order chi connectivity index (χ0) is 24.9. The van der Waals surface area contributed by atoms with E-state index in [9.17, 15) is 0 Å². The standard InChI is InChI=1S/C27H21BN6O3/c1-4-10-22(11-5-1)25-16-19-32(29-25)35-28(36-33-20-17-26(30-33)23-12-6-2-7-13-23)37-34-21-18-27(31-34)24-14-8-3-9-15-24/h1-21H. The fourth-order valence-electron chi connectivity index (χ4n) is 3.71. The van der Waals surface area contributed by atoms with Gasteiger partial charge in [-0.2, -0.15) is 0 Å². The third-order valence-corrected chi connectivity index (χ3v) is 5.49. The number of hydrogen-bond donors (Lipinski definition) is 0. The van der Waals surface area contributed by atoms with Crippen molar-refractivity contribution in [3.8, 4) is 33.8 Å². The number of rotatable bonds is 9. The van der Waals surface area contributed by atoms with Gasteiger partial charge in [0.25, 0.3) is 0 Å². The first-order chi connectivity index (χ1) is 18.3. The predicted octanol–water partition coefficient (Wildman–Crippen LogP) is 3.95. The van der Waals surface area contributed by atoms with Crippen LogP contribution in [0, 0.1) is 0 Å². The third kappa shape index (κ3) is 5.23.